The third-order valence-corrected chi connectivity index (χ3v) is 7.00. The van der Waals surface area contributed by atoms with E-state index in [1.165, 1.54) is 38.4 Å². The molecule has 0 unspecified atom stereocenters. The van der Waals surface area contributed by atoms with Crippen LogP contribution in [0.15, 0.2) is 53.4 Å². The highest BCUT2D eigenvalue weighted by Crippen LogP contribution is 2.29. The van der Waals surface area contributed by atoms with Crippen molar-refractivity contribution in [3.8, 4) is 0 Å². The summed E-state index contributed by atoms with van der Waals surface area (Å²) in [5.74, 6) is -1.17. The van der Waals surface area contributed by atoms with Crippen LogP contribution in [0.1, 0.15) is 12.5 Å². The Balaban J connectivity index is 1.70. The molecule has 2 aromatic rings. The molecule has 31 heavy (non-hydrogen) atoms. The molecule has 1 atom stereocenters. The van der Waals surface area contributed by atoms with Crippen molar-refractivity contribution < 1.29 is 22.8 Å². The van der Waals surface area contributed by atoms with Gasteiger partial charge in [-0.1, -0.05) is 23.7 Å². The second kappa shape index (κ2) is 8.29. The van der Waals surface area contributed by atoms with Crippen molar-refractivity contribution in [2.24, 2.45) is 0 Å². The second-order valence-electron chi connectivity index (χ2n) is 7.31. The summed E-state index contributed by atoms with van der Waals surface area (Å²) in [6.45, 7) is 1.06. The molecule has 0 aliphatic carbocycles. The first-order valence-electron chi connectivity index (χ1n) is 9.18. The minimum absolute atomic E-state index is 0.0725. The van der Waals surface area contributed by atoms with Gasteiger partial charge >= 0.3 is 6.03 Å². The van der Waals surface area contributed by atoms with Gasteiger partial charge < -0.3 is 10.6 Å². The van der Waals surface area contributed by atoms with E-state index in [0.717, 1.165) is 9.21 Å². The zero-order valence-electron chi connectivity index (χ0n) is 17.0. The molecule has 0 aromatic heterocycles. The quantitative estimate of drug-likeness (QED) is 0.634. The number of benzene rings is 2. The fourth-order valence-corrected chi connectivity index (χ4v) is 4.11. The lowest BCUT2D eigenvalue weighted by molar-refractivity contribution is -0.133. The van der Waals surface area contributed by atoms with E-state index in [4.69, 9.17) is 11.6 Å². The lowest BCUT2D eigenvalue weighted by atomic mass is 9.92. The van der Waals surface area contributed by atoms with Crippen molar-refractivity contribution in [2.45, 2.75) is 17.4 Å². The Morgan fingerprint density at radius 3 is 2.23 bits per heavy atom. The number of nitrogens with one attached hydrogen (secondary N) is 2. The van der Waals surface area contributed by atoms with Crippen molar-refractivity contribution in [3.63, 3.8) is 0 Å². The number of imide groups is 1. The molecule has 0 saturated carbocycles. The molecule has 1 aliphatic heterocycles. The average Bonchev–Trinajstić information content (AvgIpc) is 2.92. The lowest BCUT2D eigenvalue weighted by Crippen LogP contribution is -2.42. The van der Waals surface area contributed by atoms with Crippen LogP contribution in [0.2, 0.25) is 5.02 Å². The van der Waals surface area contributed by atoms with Gasteiger partial charge in [0.05, 0.1) is 4.90 Å². The second-order valence-corrected chi connectivity index (χ2v) is 9.90. The van der Waals surface area contributed by atoms with E-state index < -0.39 is 40.0 Å². The summed E-state index contributed by atoms with van der Waals surface area (Å²) in [6.07, 6.45) is 0. The Labute approximate surface area is 185 Å². The van der Waals surface area contributed by atoms with Crippen LogP contribution in [0.3, 0.4) is 0 Å². The summed E-state index contributed by atoms with van der Waals surface area (Å²) in [4.78, 5) is 38.6. The smallest absolute Gasteiger partial charge is 0.325 e. The highest BCUT2D eigenvalue weighted by Gasteiger charge is 2.49. The van der Waals surface area contributed by atoms with E-state index in [1.807, 2.05) is 0 Å². The van der Waals surface area contributed by atoms with E-state index in [-0.39, 0.29) is 4.90 Å². The van der Waals surface area contributed by atoms with Crippen LogP contribution in [-0.4, -0.2) is 56.1 Å². The Morgan fingerprint density at radius 2 is 1.68 bits per heavy atom. The average molecular weight is 465 g/mol. The van der Waals surface area contributed by atoms with Crippen molar-refractivity contribution in [3.05, 3.63) is 59.1 Å². The molecule has 11 heteroatoms. The highest BCUT2D eigenvalue weighted by atomic mass is 35.5. The third kappa shape index (κ3) is 4.41. The minimum Gasteiger partial charge on any atom is -0.325 e. The van der Waals surface area contributed by atoms with Gasteiger partial charge in [-0.05, 0) is 48.9 Å². The number of rotatable bonds is 6. The van der Waals surface area contributed by atoms with Crippen molar-refractivity contribution in [1.29, 1.82) is 0 Å². The minimum atomic E-state index is -3.59. The Kier molecular flexibility index (Phi) is 6.08. The molecule has 2 N–H and O–H groups in total. The zero-order chi connectivity index (χ0) is 23.0. The maximum Gasteiger partial charge on any atom is 0.325 e. The highest BCUT2D eigenvalue weighted by molar-refractivity contribution is 7.89. The molecular weight excluding hydrogens is 444 g/mol. The molecule has 1 aliphatic rings. The van der Waals surface area contributed by atoms with Crippen LogP contribution in [0.25, 0.3) is 0 Å². The van der Waals surface area contributed by atoms with Crippen molar-refractivity contribution in [1.82, 2.24) is 14.5 Å². The summed E-state index contributed by atoms with van der Waals surface area (Å²) in [5, 5.41) is 5.66. The van der Waals surface area contributed by atoms with Gasteiger partial charge in [0, 0.05) is 24.8 Å². The number of urea groups is 1. The number of sulfonamides is 1. The number of hydrogen-bond donors (Lipinski definition) is 2. The van der Waals surface area contributed by atoms with E-state index in [1.54, 1.807) is 31.2 Å². The van der Waals surface area contributed by atoms with Crippen LogP contribution >= 0.6 is 11.6 Å². The van der Waals surface area contributed by atoms with Gasteiger partial charge in [-0.2, -0.15) is 0 Å². The Morgan fingerprint density at radius 1 is 1.10 bits per heavy atom. The number of hydrogen-bond acceptors (Lipinski definition) is 5. The fourth-order valence-electron chi connectivity index (χ4n) is 3.08. The monoisotopic (exact) mass is 464 g/mol. The predicted molar refractivity (Wildman–Crippen MR) is 115 cm³/mol. The van der Waals surface area contributed by atoms with E-state index in [9.17, 15) is 22.8 Å². The van der Waals surface area contributed by atoms with Crippen LogP contribution in [-0.2, 0) is 25.2 Å². The maximum atomic E-state index is 12.9. The van der Waals surface area contributed by atoms with Gasteiger partial charge in [0.25, 0.3) is 5.91 Å². The molecule has 9 nitrogen and oxygen atoms in total. The molecule has 0 bridgehead atoms. The Bertz CT molecular complexity index is 1130. The first-order chi connectivity index (χ1) is 14.4. The summed E-state index contributed by atoms with van der Waals surface area (Å²) >= 11 is 5.88. The number of nitrogens with zero attached hydrogens (tertiary/aromatic N) is 2. The van der Waals surface area contributed by atoms with Crippen LogP contribution < -0.4 is 10.6 Å². The maximum absolute atomic E-state index is 12.9. The molecule has 3 rings (SSSR count). The standard InChI is InChI=1S/C20H21ClN4O5S/c1-20(13-4-6-14(21)7-5-13)18(27)25(19(28)23-20)12-17(26)22-15-8-10-16(11-9-15)31(29,30)24(2)3/h4-11H,12H2,1-3H3,(H,22,26)(H,23,28)/t20-/m0/s1. The van der Waals surface area contributed by atoms with Crippen LogP contribution in [0, 0.1) is 0 Å². The van der Waals surface area contributed by atoms with Gasteiger partial charge in [-0.25, -0.2) is 17.5 Å². The van der Waals surface area contributed by atoms with Gasteiger partial charge in [0.15, 0.2) is 0 Å². The van der Waals surface area contributed by atoms with Crippen molar-refractivity contribution in [2.75, 3.05) is 26.0 Å². The van der Waals surface area contributed by atoms with E-state index >= 15 is 0 Å². The summed E-state index contributed by atoms with van der Waals surface area (Å²) in [7, 11) is -0.756. The summed E-state index contributed by atoms with van der Waals surface area (Å²) < 4.78 is 25.3. The molecule has 1 saturated heterocycles. The zero-order valence-corrected chi connectivity index (χ0v) is 18.6. The molecule has 1 heterocycles. The first kappa shape index (κ1) is 22.7. The number of halogens is 1. The number of anilines is 1. The first-order valence-corrected chi connectivity index (χ1v) is 11.0. The van der Waals surface area contributed by atoms with Gasteiger partial charge in [-0.15, -0.1) is 0 Å². The molecular formula is C20H21ClN4O5S. The van der Waals surface area contributed by atoms with Crippen LogP contribution in [0.4, 0.5) is 10.5 Å². The van der Waals surface area contributed by atoms with Gasteiger partial charge in [-0.3, -0.25) is 14.5 Å². The molecule has 164 valence electrons. The number of carbonyl (C=O) groups is 3. The Hall–Kier alpha value is -2.95. The van der Waals surface area contributed by atoms with E-state index in [0.29, 0.717) is 16.3 Å². The van der Waals surface area contributed by atoms with Crippen molar-refractivity contribution >= 4 is 45.2 Å². The summed E-state index contributed by atoms with van der Waals surface area (Å²) in [5.41, 5.74) is -0.449. The molecule has 2 aromatic carbocycles. The SMILES string of the molecule is CN(C)S(=O)(=O)c1ccc(NC(=O)CN2C(=O)N[C@@](C)(c3ccc(Cl)cc3)C2=O)cc1. The predicted octanol–water partition coefficient (Wildman–Crippen LogP) is 2.00. The largest absolute Gasteiger partial charge is 0.325 e. The lowest BCUT2D eigenvalue weighted by Gasteiger charge is -2.22. The van der Waals surface area contributed by atoms with Gasteiger partial charge in [0.1, 0.15) is 12.1 Å². The van der Waals surface area contributed by atoms with Crippen LogP contribution in [0.5, 0.6) is 0 Å². The summed E-state index contributed by atoms with van der Waals surface area (Å²) in [6, 6.07) is 11.4. The van der Waals surface area contributed by atoms with E-state index in [2.05, 4.69) is 10.6 Å². The number of amides is 4. The van der Waals surface area contributed by atoms with Gasteiger partial charge in [0.2, 0.25) is 15.9 Å². The molecule has 4 amide bonds. The molecule has 0 radical (unpaired) electrons. The fraction of sp³-hybridized carbons (Fsp3) is 0.250. The molecule has 0 spiro atoms. The normalized spacial score (nSPS) is 18.9. The topological polar surface area (TPSA) is 116 Å². The third-order valence-electron chi connectivity index (χ3n) is 4.91. The molecule has 1 fully saturated rings. The number of carbonyl (C=O) groups excluding carboxylic acids is 3.